The summed E-state index contributed by atoms with van der Waals surface area (Å²) >= 11 is 0. The van der Waals surface area contributed by atoms with E-state index in [0.717, 1.165) is 0 Å². The number of carbonyl (C=O) groups excluding carboxylic acids is 2. The maximum absolute atomic E-state index is 13.3. The Labute approximate surface area is 176 Å². The zero-order valence-corrected chi connectivity index (χ0v) is 15.5. The fraction of sp³-hybridized carbons (Fsp3) is 0.375. The molecule has 0 aromatic heterocycles. The Morgan fingerprint density at radius 2 is 1.42 bits per heavy atom. The summed E-state index contributed by atoms with van der Waals surface area (Å²) in [6, 6.07) is 0.409. The van der Waals surface area contributed by atoms with Gasteiger partial charge in [-0.1, -0.05) is 0 Å². The Bertz CT molecular complexity index is 958. The standard InChI is InChI=1S/C16H10F10N2O5/c17-13(18,19)15(23,24)32-7-1-2-10(33-16(25,26)14(20,21)22)8(5-7)27-9-6-11(30)28(3-4-29)12(9)31/h1-2,5-6,27,29H,3-4H2. The first-order valence-electron chi connectivity index (χ1n) is 8.26. The molecule has 1 aliphatic rings. The number of aliphatic hydroxyl groups is 1. The van der Waals surface area contributed by atoms with Crippen LogP contribution in [-0.2, 0) is 9.59 Å². The van der Waals surface area contributed by atoms with Crippen LogP contribution >= 0.6 is 0 Å². The van der Waals surface area contributed by atoms with E-state index in [1.807, 2.05) is 5.32 Å². The van der Waals surface area contributed by atoms with Gasteiger partial charge >= 0.3 is 24.6 Å². The van der Waals surface area contributed by atoms with Crippen LogP contribution in [0.1, 0.15) is 0 Å². The summed E-state index contributed by atoms with van der Waals surface area (Å²) in [7, 11) is 0. The van der Waals surface area contributed by atoms with Crippen LogP contribution in [0.5, 0.6) is 11.5 Å². The van der Waals surface area contributed by atoms with Gasteiger partial charge in [0.25, 0.3) is 11.8 Å². The third kappa shape index (κ3) is 5.58. The molecule has 0 bridgehead atoms. The second-order valence-electron chi connectivity index (χ2n) is 6.09. The first-order valence-corrected chi connectivity index (χ1v) is 8.26. The van der Waals surface area contributed by atoms with Crippen molar-refractivity contribution < 1.29 is 68.1 Å². The van der Waals surface area contributed by atoms with Crippen LogP contribution in [0.15, 0.2) is 30.0 Å². The minimum atomic E-state index is -6.26. The van der Waals surface area contributed by atoms with Crippen LogP contribution in [-0.4, -0.2) is 59.5 Å². The van der Waals surface area contributed by atoms with Gasteiger partial charge in [-0.25, -0.2) is 0 Å². The number of carbonyl (C=O) groups is 2. The summed E-state index contributed by atoms with van der Waals surface area (Å²) in [5, 5.41) is 10.7. The van der Waals surface area contributed by atoms with Crippen molar-refractivity contribution in [3.8, 4) is 11.5 Å². The molecule has 1 heterocycles. The Balaban J connectivity index is 2.46. The predicted octanol–water partition coefficient (Wildman–Crippen LogP) is 3.41. The van der Waals surface area contributed by atoms with E-state index in [9.17, 15) is 53.5 Å². The highest BCUT2D eigenvalue weighted by molar-refractivity contribution is 6.17. The average molecular weight is 500 g/mol. The van der Waals surface area contributed by atoms with E-state index < -0.39 is 72.4 Å². The van der Waals surface area contributed by atoms with Gasteiger partial charge in [-0.2, -0.15) is 43.9 Å². The predicted molar refractivity (Wildman–Crippen MR) is 85.2 cm³/mol. The lowest BCUT2D eigenvalue weighted by molar-refractivity contribution is -0.361. The highest BCUT2D eigenvalue weighted by Gasteiger charge is 2.62. The first-order chi connectivity index (χ1) is 14.9. The number of nitrogens with one attached hydrogen (secondary N) is 1. The average Bonchev–Trinajstić information content (AvgIpc) is 2.89. The number of benzene rings is 1. The van der Waals surface area contributed by atoms with Gasteiger partial charge in [0.05, 0.1) is 18.8 Å². The molecule has 0 spiro atoms. The molecular formula is C16H10F10N2O5. The van der Waals surface area contributed by atoms with Crippen molar-refractivity contribution in [1.29, 1.82) is 0 Å². The van der Waals surface area contributed by atoms with Gasteiger partial charge in [-0.3, -0.25) is 14.5 Å². The number of halogens is 10. The molecule has 1 aromatic rings. The van der Waals surface area contributed by atoms with E-state index in [1.165, 1.54) is 0 Å². The zero-order chi connectivity index (χ0) is 25.4. The van der Waals surface area contributed by atoms with Gasteiger partial charge in [0.15, 0.2) is 0 Å². The van der Waals surface area contributed by atoms with Gasteiger partial charge in [-0.05, 0) is 12.1 Å². The molecule has 2 rings (SSSR count). The fourth-order valence-corrected chi connectivity index (χ4v) is 2.22. The fourth-order valence-electron chi connectivity index (χ4n) is 2.22. The van der Waals surface area contributed by atoms with Crippen molar-refractivity contribution in [1.82, 2.24) is 4.90 Å². The summed E-state index contributed by atoms with van der Waals surface area (Å²) in [5.41, 5.74) is -1.97. The lowest BCUT2D eigenvalue weighted by Gasteiger charge is -2.24. The zero-order valence-electron chi connectivity index (χ0n) is 15.5. The third-order valence-electron chi connectivity index (χ3n) is 3.70. The van der Waals surface area contributed by atoms with E-state index in [-0.39, 0.29) is 18.2 Å². The lowest BCUT2D eigenvalue weighted by atomic mass is 10.2. The van der Waals surface area contributed by atoms with Gasteiger partial charge < -0.3 is 19.9 Å². The first kappa shape index (κ1) is 26.0. The molecule has 0 aliphatic carbocycles. The van der Waals surface area contributed by atoms with Crippen molar-refractivity contribution >= 4 is 17.5 Å². The molecule has 33 heavy (non-hydrogen) atoms. The van der Waals surface area contributed by atoms with Gasteiger partial charge in [0.2, 0.25) is 0 Å². The van der Waals surface area contributed by atoms with Gasteiger partial charge in [0, 0.05) is 12.1 Å². The minimum absolute atomic E-state index is 0.106. The monoisotopic (exact) mass is 500 g/mol. The summed E-state index contributed by atoms with van der Waals surface area (Å²) < 4.78 is 134. The number of alkyl halides is 10. The van der Waals surface area contributed by atoms with E-state index in [0.29, 0.717) is 11.0 Å². The number of aliphatic hydroxyl groups excluding tert-OH is 1. The maximum atomic E-state index is 13.3. The Kier molecular flexibility index (Phi) is 6.78. The summed E-state index contributed by atoms with van der Waals surface area (Å²) in [6.07, 6.45) is -23.6. The molecular weight excluding hydrogens is 490 g/mol. The quantitative estimate of drug-likeness (QED) is 0.421. The highest BCUT2D eigenvalue weighted by atomic mass is 19.4. The van der Waals surface area contributed by atoms with Crippen LogP contribution in [0.25, 0.3) is 0 Å². The van der Waals surface area contributed by atoms with Crippen molar-refractivity contribution in [2.45, 2.75) is 24.6 Å². The molecule has 0 unspecified atom stereocenters. The molecule has 0 atom stereocenters. The molecule has 0 saturated carbocycles. The number of hydrogen-bond donors (Lipinski definition) is 2. The molecule has 0 radical (unpaired) electrons. The van der Waals surface area contributed by atoms with Crippen molar-refractivity contribution in [2.24, 2.45) is 0 Å². The molecule has 184 valence electrons. The van der Waals surface area contributed by atoms with Crippen molar-refractivity contribution in [3.63, 3.8) is 0 Å². The van der Waals surface area contributed by atoms with E-state index in [1.54, 1.807) is 0 Å². The van der Waals surface area contributed by atoms with Crippen molar-refractivity contribution in [2.75, 3.05) is 18.5 Å². The largest absolute Gasteiger partial charge is 0.499 e. The van der Waals surface area contributed by atoms with Crippen LogP contribution < -0.4 is 14.8 Å². The second-order valence-corrected chi connectivity index (χ2v) is 6.09. The topological polar surface area (TPSA) is 88.1 Å². The molecule has 2 N–H and O–H groups in total. The maximum Gasteiger partial charge on any atom is 0.499 e. The minimum Gasteiger partial charge on any atom is -0.426 e. The number of imide groups is 1. The van der Waals surface area contributed by atoms with Crippen LogP contribution in [0, 0.1) is 0 Å². The van der Waals surface area contributed by atoms with Crippen LogP contribution in [0.4, 0.5) is 49.6 Å². The molecule has 1 aliphatic heterocycles. The number of β-amino-alcohol motifs (C(OH)–C–C–N with tert-alkyl or cyclic N) is 1. The summed E-state index contributed by atoms with van der Waals surface area (Å²) in [6.45, 7) is -1.25. The molecule has 1 aromatic carbocycles. The third-order valence-corrected chi connectivity index (χ3v) is 3.70. The smallest absolute Gasteiger partial charge is 0.426 e. The number of nitrogens with zero attached hydrogens (tertiary/aromatic N) is 1. The number of anilines is 1. The highest BCUT2D eigenvalue weighted by Crippen LogP contribution is 2.43. The van der Waals surface area contributed by atoms with E-state index in [2.05, 4.69) is 9.47 Å². The van der Waals surface area contributed by atoms with Crippen LogP contribution in [0.3, 0.4) is 0 Å². The summed E-state index contributed by atoms with van der Waals surface area (Å²) in [4.78, 5) is 24.2. The van der Waals surface area contributed by atoms with E-state index >= 15 is 0 Å². The number of hydrogen-bond acceptors (Lipinski definition) is 6. The number of ether oxygens (including phenoxy) is 2. The lowest BCUT2D eigenvalue weighted by Crippen LogP contribution is -2.42. The normalized spacial score (nSPS) is 15.6. The molecule has 17 heteroatoms. The van der Waals surface area contributed by atoms with Crippen molar-refractivity contribution in [3.05, 3.63) is 30.0 Å². The van der Waals surface area contributed by atoms with E-state index in [4.69, 9.17) is 5.11 Å². The summed E-state index contributed by atoms with van der Waals surface area (Å²) in [5.74, 6) is -5.13. The number of amides is 2. The molecule has 0 saturated heterocycles. The number of rotatable bonds is 8. The second kappa shape index (κ2) is 8.60. The Hall–Kier alpha value is -3.24. The SMILES string of the molecule is O=C1C=C(Nc2cc(OC(F)(F)C(F)(F)F)ccc2OC(F)(F)C(F)(F)F)C(=O)N1CCO. The van der Waals surface area contributed by atoms with Gasteiger partial charge in [0.1, 0.15) is 17.2 Å². The molecule has 0 fully saturated rings. The molecule has 7 nitrogen and oxygen atoms in total. The Morgan fingerprint density at radius 3 is 1.94 bits per heavy atom. The Morgan fingerprint density at radius 1 is 0.879 bits per heavy atom. The van der Waals surface area contributed by atoms with Crippen LogP contribution in [0.2, 0.25) is 0 Å². The molecule has 2 amide bonds. The van der Waals surface area contributed by atoms with Gasteiger partial charge in [-0.15, -0.1) is 0 Å².